The van der Waals surface area contributed by atoms with E-state index in [2.05, 4.69) is 0 Å². The summed E-state index contributed by atoms with van der Waals surface area (Å²) in [6.07, 6.45) is 3.17. The van der Waals surface area contributed by atoms with Crippen molar-refractivity contribution in [1.29, 1.82) is 0 Å². The van der Waals surface area contributed by atoms with Gasteiger partial charge in [0.05, 0.1) is 12.0 Å². The molecule has 0 amide bonds. The minimum atomic E-state index is -0.0845. The van der Waals surface area contributed by atoms with Gasteiger partial charge in [-0.25, -0.2) is 0 Å². The molecule has 0 aromatic heterocycles. The maximum Gasteiger partial charge on any atom is 0.130 e. The van der Waals surface area contributed by atoms with Gasteiger partial charge in [-0.15, -0.1) is 0 Å². The first kappa shape index (κ1) is 9.41. The third-order valence-corrected chi connectivity index (χ3v) is 2.70. The summed E-state index contributed by atoms with van der Waals surface area (Å²) in [6.45, 7) is 0.793. The molecule has 74 valence electrons. The maximum absolute atomic E-state index is 11.0. The zero-order valence-electron chi connectivity index (χ0n) is 8.06. The van der Waals surface area contributed by atoms with Crippen molar-refractivity contribution in [3.8, 4) is 0 Å². The third-order valence-electron chi connectivity index (χ3n) is 2.70. The molecule has 1 aliphatic heterocycles. The molecular formula is C12H14O2. The molecule has 0 saturated carbocycles. The lowest BCUT2D eigenvalue weighted by Gasteiger charge is -2.17. The van der Waals surface area contributed by atoms with Gasteiger partial charge in [-0.2, -0.15) is 0 Å². The molecule has 2 heteroatoms. The predicted molar refractivity (Wildman–Crippen MR) is 54.2 cm³/mol. The molecule has 1 aromatic rings. The summed E-state index contributed by atoms with van der Waals surface area (Å²) in [6, 6.07) is 9.85. The lowest BCUT2D eigenvalue weighted by molar-refractivity contribution is -0.111. The van der Waals surface area contributed by atoms with Crippen molar-refractivity contribution < 1.29 is 9.53 Å². The topological polar surface area (TPSA) is 26.3 Å². The van der Waals surface area contributed by atoms with Gasteiger partial charge in [-0.1, -0.05) is 30.3 Å². The fourth-order valence-electron chi connectivity index (χ4n) is 1.94. The molecule has 2 rings (SSSR count). The summed E-state index contributed by atoms with van der Waals surface area (Å²) in [5, 5.41) is 0. The van der Waals surface area contributed by atoms with Crippen molar-refractivity contribution in [2.24, 2.45) is 0 Å². The molecular weight excluding hydrogens is 176 g/mol. The number of aldehydes is 1. The van der Waals surface area contributed by atoms with Crippen molar-refractivity contribution in [2.45, 2.75) is 24.9 Å². The van der Waals surface area contributed by atoms with Crippen LogP contribution in [0, 0.1) is 0 Å². The fourth-order valence-corrected chi connectivity index (χ4v) is 1.94. The zero-order chi connectivity index (χ0) is 9.80. The van der Waals surface area contributed by atoms with Gasteiger partial charge in [-0.05, 0) is 18.4 Å². The monoisotopic (exact) mass is 190 g/mol. The number of hydrogen-bond acceptors (Lipinski definition) is 2. The average Bonchev–Trinajstić information content (AvgIpc) is 2.74. The largest absolute Gasteiger partial charge is 0.377 e. The number of ether oxygens (including phenoxy) is 1. The molecule has 0 bridgehead atoms. The molecule has 0 N–H and O–H groups in total. The van der Waals surface area contributed by atoms with E-state index in [9.17, 15) is 4.79 Å². The van der Waals surface area contributed by atoms with E-state index in [1.54, 1.807) is 0 Å². The van der Waals surface area contributed by atoms with Crippen molar-refractivity contribution in [3.63, 3.8) is 0 Å². The highest BCUT2D eigenvalue weighted by Gasteiger charge is 2.26. The Hall–Kier alpha value is -1.15. The quantitative estimate of drug-likeness (QED) is 0.683. The Kier molecular flexibility index (Phi) is 2.94. The Balaban J connectivity index is 2.16. The van der Waals surface area contributed by atoms with Gasteiger partial charge in [0, 0.05) is 6.61 Å². The molecule has 1 aromatic carbocycles. The van der Waals surface area contributed by atoms with Crippen LogP contribution in [0.5, 0.6) is 0 Å². The zero-order valence-corrected chi connectivity index (χ0v) is 8.06. The Morgan fingerprint density at radius 1 is 1.36 bits per heavy atom. The van der Waals surface area contributed by atoms with Crippen LogP contribution in [0.4, 0.5) is 0 Å². The van der Waals surface area contributed by atoms with E-state index in [0.717, 1.165) is 31.3 Å². The lowest BCUT2D eigenvalue weighted by atomic mass is 9.93. The van der Waals surface area contributed by atoms with Crippen LogP contribution in [0.1, 0.15) is 24.3 Å². The van der Waals surface area contributed by atoms with Crippen LogP contribution in [0.15, 0.2) is 30.3 Å². The van der Waals surface area contributed by atoms with Gasteiger partial charge in [0.25, 0.3) is 0 Å². The van der Waals surface area contributed by atoms with Crippen LogP contribution in [-0.2, 0) is 9.53 Å². The molecule has 1 fully saturated rings. The van der Waals surface area contributed by atoms with Crippen LogP contribution in [0.2, 0.25) is 0 Å². The van der Waals surface area contributed by atoms with Crippen molar-refractivity contribution in [3.05, 3.63) is 35.9 Å². The SMILES string of the molecule is O=C[C@H](c1ccccc1)C1CCCO1. The van der Waals surface area contributed by atoms with Crippen LogP contribution >= 0.6 is 0 Å². The molecule has 2 atom stereocenters. The van der Waals surface area contributed by atoms with E-state index in [1.807, 2.05) is 30.3 Å². The summed E-state index contributed by atoms with van der Waals surface area (Å²) in [5.41, 5.74) is 1.06. The molecule has 1 saturated heterocycles. The van der Waals surface area contributed by atoms with Crippen molar-refractivity contribution in [2.75, 3.05) is 6.61 Å². The first-order valence-electron chi connectivity index (χ1n) is 5.03. The number of carbonyl (C=O) groups is 1. The number of rotatable bonds is 3. The number of hydrogen-bond donors (Lipinski definition) is 0. The highest BCUT2D eigenvalue weighted by Crippen LogP contribution is 2.26. The molecule has 0 spiro atoms. The first-order chi connectivity index (χ1) is 6.92. The van der Waals surface area contributed by atoms with E-state index in [0.29, 0.717) is 0 Å². The minimum Gasteiger partial charge on any atom is -0.377 e. The summed E-state index contributed by atoms with van der Waals surface area (Å²) < 4.78 is 5.53. The Bertz CT molecular complexity index is 288. The molecule has 2 nitrogen and oxygen atoms in total. The van der Waals surface area contributed by atoms with Crippen LogP contribution < -0.4 is 0 Å². The standard InChI is InChI=1S/C12H14O2/c13-9-11(12-7-4-8-14-12)10-5-2-1-3-6-10/h1-3,5-6,9,11-12H,4,7-8H2/t11-,12?/m1/s1. The smallest absolute Gasteiger partial charge is 0.130 e. The second-order valence-electron chi connectivity index (χ2n) is 3.62. The Morgan fingerprint density at radius 2 is 2.14 bits per heavy atom. The maximum atomic E-state index is 11.0. The molecule has 1 aliphatic rings. The summed E-state index contributed by atoms with van der Waals surface area (Å²) >= 11 is 0. The number of carbonyl (C=O) groups excluding carboxylic acids is 1. The van der Waals surface area contributed by atoms with E-state index < -0.39 is 0 Å². The predicted octanol–water partition coefficient (Wildman–Crippen LogP) is 2.15. The van der Waals surface area contributed by atoms with Gasteiger partial charge in [0.15, 0.2) is 0 Å². The second kappa shape index (κ2) is 4.38. The van der Waals surface area contributed by atoms with Gasteiger partial charge in [-0.3, -0.25) is 0 Å². The third kappa shape index (κ3) is 1.85. The Labute approximate surface area is 83.9 Å². The fraction of sp³-hybridized carbons (Fsp3) is 0.417. The highest BCUT2D eigenvalue weighted by atomic mass is 16.5. The van der Waals surface area contributed by atoms with Gasteiger partial charge in [0.1, 0.15) is 6.29 Å². The lowest BCUT2D eigenvalue weighted by Crippen LogP contribution is -2.18. The summed E-state index contributed by atoms with van der Waals surface area (Å²) in [7, 11) is 0. The normalized spacial score (nSPS) is 23.3. The minimum absolute atomic E-state index is 0.0845. The summed E-state index contributed by atoms with van der Waals surface area (Å²) in [5.74, 6) is -0.0845. The van der Waals surface area contributed by atoms with Crippen molar-refractivity contribution >= 4 is 6.29 Å². The number of benzene rings is 1. The summed E-state index contributed by atoms with van der Waals surface area (Å²) in [4.78, 5) is 11.0. The van der Waals surface area contributed by atoms with Gasteiger partial charge >= 0.3 is 0 Å². The van der Waals surface area contributed by atoms with E-state index in [1.165, 1.54) is 0 Å². The van der Waals surface area contributed by atoms with Gasteiger partial charge < -0.3 is 9.53 Å². The van der Waals surface area contributed by atoms with Crippen molar-refractivity contribution in [1.82, 2.24) is 0 Å². The first-order valence-corrected chi connectivity index (χ1v) is 5.03. The van der Waals surface area contributed by atoms with Crippen LogP contribution in [0.25, 0.3) is 0 Å². The van der Waals surface area contributed by atoms with E-state index in [-0.39, 0.29) is 12.0 Å². The van der Waals surface area contributed by atoms with Gasteiger partial charge in [0.2, 0.25) is 0 Å². The molecule has 14 heavy (non-hydrogen) atoms. The molecule has 1 unspecified atom stereocenters. The van der Waals surface area contributed by atoms with Crippen LogP contribution in [0.3, 0.4) is 0 Å². The van der Waals surface area contributed by atoms with E-state index >= 15 is 0 Å². The molecule has 1 heterocycles. The van der Waals surface area contributed by atoms with E-state index in [4.69, 9.17) is 4.74 Å². The highest BCUT2D eigenvalue weighted by molar-refractivity contribution is 5.63. The Morgan fingerprint density at radius 3 is 2.71 bits per heavy atom. The average molecular weight is 190 g/mol. The molecule has 0 radical (unpaired) electrons. The second-order valence-corrected chi connectivity index (χ2v) is 3.62. The van der Waals surface area contributed by atoms with Crippen LogP contribution in [-0.4, -0.2) is 19.0 Å². The molecule has 0 aliphatic carbocycles.